The number of benzene rings is 1. The molecule has 0 radical (unpaired) electrons. The first-order valence-electron chi connectivity index (χ1n) is 4.72. The Labute approximate surface area is 84.5 Å². The summed E-state index contributed by atoms with van der Waals surface area (Å²) in [6.45, 7) is 1.87. The van der Waals surface area contributed by atoms with Crippen LogP contribution in [0, 0.1) is 5.82 Å². The lowest BCUT2D eigenvalue weighted by Gasteiger charge is -2.14. The molecule has 0 aliphatic heterocycles. The lowest BCUT2D eigenvalue weighted by Crippen LogP contribution is -2.18. The van der Waals surface area contributed by atoms with Crippen molar-refractivity contribution in [1.29, 1.82) is 0 Å². The molecular formula is C11H17FN2. The van der Waals surface area contributed by atoms with Crippen molar-refractivity contribution in [3.63, 3.8) is 0 Å². The first kappa shape index (κ1) is 11.0. The Hall–Kier alpha value is -1.09. The monoisotopic (exact) mass is 196 g/mol. The van der Waals surface area contributed by atoms with Crippen LogP contribution in [0.5, 0.6) is 0 Å². The second-order valence-corrected chi connectivity index (χ2v) is 3.85. The van der Waals surface area contributed by atoms with E-state index in [9.17, 15) is 4.39 Å². The summed E-state index contributed by atoms with van der Waals surface area (Å²) in [5.41, 5.74) is 7.17. The fourth-order valence-electron chi connectivity index (χ4n) is 1.33. The molecule has 0 spiro atoms. The Morgan fingerprint density at radius 1 is 1.43 bits per heavy atom. The largest absolute Gasteiger partial charge is 0.378 e. The summed E-state index contributed by atoms with van der Waals surface area (Å²) in [6, 6.07) is 5.24. The molecule has 14 heavy (non-hydrogen) atoms. The van der Waals surface area contributed by atoms with Gasteiger partial charge in [0, 0.05) is 25.8 Å². The lowest BCUT2D eigenvalue weighted by molar-refractivity contribution is 0.596. The van der Waals surface area contributed by atoms with Crippen LogP contribution in [0.2, 0.25) is 0 Å². The maximum Gasteiger partial charge on any atom is 0.128 e. The molecule has 2 nitrogen and oxygen atoms in total. The van der Waals surface area contributed by atoms with Crippen molar-refractivity contribution < 1.29 is 4.39 Å². The topological polar surface area (TPSA) is 29.3 Å². The quantitative estimate of drug-likeness (QED) is 0.798. The Morgan fingerprint density at radius 2 is 2.07 bits per heavy atom. The number of rotatable bonds is 3. The highest BCUT2D eigenvalue weighted by atomic mass is 19.1. The molecule has 1 rings (SSSR count). The van der Waals surface area contributed by atoms with Crippen molar-refractivity contribution in [1.82, 2.24) is 0 Å². The summed E-state index contributed by atoms with van der Waals surface area (Å²) < 4.78 is 13.5. The summed E-state index contributed by atoms with van der Waals surface area (Å²) in [4.78, 5) is 1.87. The van der Waals surface area contributed by atoms with Crippen molar-refractivity contribution in [2.24, 2.45) is 5.73 Å². The van der Waals surface area contributed by atoms with Crippen LogP contribution in [0.3, 0.4) is 0 Å². The Bertz CT molecular complexity index is 308. The van der Waals surface area contributed by atoms with Crippen LogP contribution in [0.1, 0.15) is 12.5 Å². The number of hydrogen-bond donors (Lipinski definition) is 1. The van der Waals surface area contributed by atoms with Crippen LogP contribution in [0.25, 0.3) is 0 Å². The van der Waals surface area contributed by atoms with E-state index in [-0.39, 0.29) is 11.9 Å². The zero-order valence-electron chi connectivity index (χ0n) is 8.92. The first-order chi connectivity index (χ1) is 6.50. The average molecular weight is 196 g/mol. The molecule has 78 valence electrons. The Balaban J connectivity index is 2.90. The first-order valence-corrected chi connectivity index (χ1v) is 4.72. The molecule has 0 aliphatic rings. The third kappa shape index (κ3) is 2.70. The van der Waals surface area contributed by atoms with E-state index >= 15 is 0 Å². The smallest absolute Gasteiger partial charge is 0.128 e. The molecule has 0 saturated heterocycles. The summed E-state index contributed by atoms with van der Waals surface area (Å²) in [5.74, 6) is -0.173. The van der Waals surface area contributed by atoms with Crippen LogP contribution >= 0.6 is 0 Å². The third-order valence-corrected chi connectivity index (χ3v) is 2.09. The number of halogens is 1. The fraction of sp³-hybridized carbons (Fsp3) is 0.455. The highest BCUT2D eigenvalue weighted by Gasteiger charge is 2.06. The molecule has 0 heterocycles. The van der Waals surface area contributed by atoms with Gasteiger partial charge >= 0.3 is 0 Å². The standard InChI is InChI=1S/C11H17FN2/c1-8(13)6-9-4-5-10(14(2)3)7-11(9)12/h4-5,7-8H,6,13H2,1-3H3/t8-/m1/s1. The normalized spacial score (nSPS) is 12.6. The molecule has 0 aromatic heterocycles. The molecule has 0 fully saturated rings. The number of anilines is 1. The van der Waals surface area contributed by atoms with Gasteiger partial charge in [0.2, 0.25) is 0 Å². The van der Waals surface area contributed by atoms with Crippen LogP contribution < -0.4 is 10.6 Å². The minimum Gasteiger partial charge on any atom is -0.378 e. The van der Waals surface area contributed by atoms with E-state index < -0.39 is 0 Å². The molecule has 0 unspecified atom stereocenters. The van der Waals surface area contributed by atoms with Crippen LogP contribution in [0.15, 0.2) is 18.2 Å². The third-order valence-electron chi connectivity index (χ3n) is 2.09. The van der Waals surface area contributed by atoms with Gasteiger partial charge in [0.25, 0.3) is 0 Å². The predicted molar refractivity (Wildman–Crippen MR) is 58.1 cm³/mol. The SMILES string of the molecule is C[C@@H](N)Cc1ccc(N(C)C)cc1F. The van der Waals surface area contributed by atoms with Gasteiger partial charge in [-0.3, -0.25) is 0 Å². The number of nitrogens with zero attached hydrogens (tertiary/aromatic N) is 1. The van der Waals surface area contributed by atoms with Crippen molar-refractivity contribution >= 4 is 5.69 Å². The van der Waals surface area contributed by atoms with E-state index in [2.05, 4.69) is 0 Å². The van der Waals surface area contributed by atoms with Gasteiger partial charge in [-0.05, 0) is 31.0 Å². The van der Waals surface area contributed by atoms with Crippen LogP contribution in [0.4, 0.5) is 10.1 Å². The number of nitrogens with two attached hydrogens (primary N) is 1. The van der Waals surface area contributed by atoms with E-state index in [0.29, 0.717) is 12.0 Å². The molecule has 0 saturated carbocycles. The van der Waals surface area contributed by atoms with Gasteiger partial charge in [-0.1, -0.05) is 6.07 Å². The molecule has 1 aromatic carbocycles. The average Bonchev–Trinajstić information content (AvgIpc) is 2.07. The molecule has 3 heteroatoms. The summed E-state index contributed by atoms with van der Waals surface area (Å²) in [6.07, 6.45) is 0.583. The molecule has 0 aliphatic carbocycles. The summed E-state index contributed by atoms with van der Waals surface area (Å²) >= 11 is 0. The lowest BCUT2D eigenvalue weighted by atomic mass is 10.1. The molecule has 2 N–H and O–H groups in total. The van der Waals surface area contributed by atoms with Crippen molar-refractivity contribution in [3.8, 4) is 0 Å². The maximum absolute atomic E-state index is 13.5. The van der Waals surface area contributed by atoms with Gasteiger partial charge in [0.1, 0.15) is 5.82 Å². The van der Waals surface area contributed by atoms with E-state index in [1.165, 1.54) is 6.07 Å². The minimum absolute atomic E-state index is 0.00490. The van der Waals surface area contributed by atoms with Gasteiger partial charge in [0.15, 0.2) is 0 Å². The molecule has 0 bridgehead atoms. The van der Waals surface area contributed by atoms with Crippen LogP contribution in [-0.4, -0.2) is 20.1 Å². The minimum atomic E-state index is -0.173. The van der Waals surface area contributed by atoms with Crippen molar-refractivity contribution in [2.75, 3.05) is 19.0 Å². The van der Waals surface area contributed by atoms with Crippen LogP contribution in [-0.2, 0) is 6.42 Å². The summed E-state index contributed by atoms with van der Waals surface area (Å²) in [7, 11) is 3.78. The molecule has 0 amide bonds. The predicted octanol–water partition coefficient (Wildman–Crippen LogP) is 1.78. The van der Waals surface area contributed by atoms with E-state index in [1.807, 2.05) is 32.0 Å². The van der Waals surface area contributed by atoms with Gasteiger partial charge in [-0.25, -0.2) is 4.39 Å². The highest BCUT2D eigenvalue weighted by Crippen LogP contribution is 2.17. The van der Waals surface area contributed by atoms with Gasteiger partial charge in [-0.2, -0.15) is 0 Å². The Morgan fingerprint density at radius 3 is 2.50 bits per heavy atom. The van der Waals surface area contributed by atoms with Crippen molar-refractivity contribution in [2.45, 2.75) is 19.4 Å². The summed E-state index contributed by atoms with van der Waals surface area (Å²) in [5, 5.41) is 0. The molecular weight excluding hydrogens is 179 g/mol. The zero-order chi connectivity index (χ0) is 10.7. The van der Waals surface area contributed by atoms with E-state index in [1.54, 1.807) is 6.07 Å². The molecule has 1 atom stereocenters. The maximum atomic E-state index is 13.5. The van der Waals surface area contributed by atoms with Gasteiger partial charge in [0.05, 0.1) is 0 Å². The second-order valence-electron chi connectivity index (χ2n) is 3.85. The van der Waals surface area contributed by atoms with Crippen molar-refractivity contribution in [3.05, 3.63) is 29.6 Å². The number of hydrogen-bond acceptors (Lipinski definition) is 2. The Kier molecular flexibility index (Phi) is 3.47. The highest BCUT2D eigenvalue weighted by molar-refractivity contribution is 5.46. The fourth-order valence-corrected chi connectivity index (χ4v) is 1.33. The zero-order valence-corrected chi connectivity index (χ0v) is 8.92. The second kappa shape index (κ2) is 4.42. The van der Waals surface area contributed by atoms with E-state index in [0.717, 1.165) is 5.69 Å². The molecule has 1 aromatic rings. The van der Waals surface area contributed by atoms with E-state index in [4.69, 9.17) is 5.73 Å². The van der Waals surface area contributed by atoms with Gasteiger partial charge < -0.3 is 10.6 Å². The van der Waals surface area contributed by atoms with Gasteiger partial charge in [-0.15, -0.1) is 0 Å².